The molecule has 1 atom stereocenters. The van der Waals surface area contributed by atoms with Crippen LogP contribution in [0.1, 0.15) is 82.0 Å². The van der Waals surface area contributed by atoms with Crippen molar-refractivity contribution in [2.45, 2.75) is 77.7 Å². The van der Waals surface area contributed by atoms with Crippen molar-refractivity contribution in [2.75, 3.05) is 0 Å². The lowest BCUT2D eigenvalue weighted by molar-refractivity contribution is 0.0691. The van der Waals surface area contributed by atoms with Gasteiger partial charge in [0.2, 0.25) is 0 Å². The Morgan fingerprint density at radius 2 is 1.57 bits per heavy atom. The molecule has 0 aliphatic heterocycles. The minimum Gasteiger partial charge on any atom is -0.507 e. The highest BCUT2D eigenvalue weighted by Crippen LogP contribution is 2.14. The summed E-state index contributed by atoms with van der Waals surface area (Å²) in [6.07, 6.45) is 10.3. The molecule has 1 aromatic carbocycles. The van der Waals surface area contributed by atoms with Gasteiger partial charge in [0.1, 0.15) is 11.3 Å². The van der Waals surface area contributed by atoms with Crippen molar-refractivity contribution in [1.82, 2.24) is 0 Å². The van der Waals surface area contributed by atoms with Gasteiger partial charge in [-0.25, -0.2) is 9.90 Å². The number of phenols is 1. The first-order chi connectivity index (χ1) is 11.0. The second kappa shape index (κ2) is 14.1. The number of carbonyl (C=O) groups is 1. The number of carboxylic acids is 1. The SMILES string of the molecule is CCCCCCCCC([O])CCC.O=C(O)c1ccccc1O. The molecule has 0 saturated heterocycles. The molecule has 0 spiro atoms. The summed E-state index contributed by atoms with van der Waals surface area (Å²) in [7, 11) is 0. The Morgan fingerprint density at radius 1 is 0.957 bits per heavy atom. The van der Waals surface area contributed by atoms with Crippen LogP contribution >= 0.6 is 0 Å². The molecule has 0 aliphatic rings. The summed E-state index contributed by atoms with van der Waals surface area (Å²) >= 11 is 0. The third kappa shape index (κ3) is 11.6. The van der Waals surface area contributed by atoms with Gasteiger partial charge in [0, 0.05) is 0 Å². The van der Waals surface area contributed by atoms with Crippen molar-refractivity contribution in [3.63, 3.8) is 0 Å². The summed E-state index contributed by atoms with van der Waals surface area (Å²) in [5, 5.41) is 28.5. The Morgan fingerprint density at radius 3 is 2.09 bits per heavy atom. The Kier molecular flexibility index (Phi) is 13.1. The summed E-state index contributed by atoms with van der Waals surface area (Å²) in [6, 6.07) is 5.81. The maximum absolute atomic E-state index is 11.2. The lowest BCUT2D eigenvalue weighted by Crippen LogP contribution is -2.02. The van der Waals surface area contributed by atoms with Gasteiger partial charge in [-0.15, -0.1) is 0 Å². The van der Waals surface area contributed by atoms with E-state index in [1.54, 1.807) is 12.1 Å². The molecule has 4 heteroatoms. The molecule has 0 bridgehead atoms. The predicted molar refractivity (Wildman–Crippen MR) is 92.4 cm³/mol. The van der Waals surface area contributed by atoms with E-state index in [1.165, 1.54) is 44.2 Å². The highest BCUT2D eigenvalue weighted by Gasteiger charge is 2.05. The Balaban J connectivity index is 0.000000433. The molecule has 2 N–H and O–H groups in total. The predicted octanol–water partition coefficient (Wildman–Crippen LogP) is 5.43. The van der Waals surface area contributed by atoms with Gasteiger partial charge in [-0.3, -0.25) is 0 Å². The van der Waals surface area contributed by atoms with Crippen LogP contribution in [0.4, 0.5) is 0 Å². The van der Waals surface area contributed by atoms with Crippen LogP contribution in [0.2, 0.25) is 0 Å². The third-order valence-corrected chi connectivity index (χ3v) is 3.62. The monoisotopic (exact) mass is 323 g/mol. The third-order valence-electron chi connectivity index (χ3n) is 3.62. The van der Waals surface area contributed by atoms with Crippen LogP contribution < -0.4 is 0 Å². The van der Waals surface area contributed by atoms with Crippen molar-refractivity contribution in [3.8, 4) is 5.75 Å². The van der Waals surface area contributed by atoms with Gasteiger partial charge in [0.25, 0.3) is 0 Å². The molecule has 23 heavy (non-hydrogen) atoms. The molecule has 0 aliphatic carbocycles. The number of para-hydroxylation sites is 1. The Labute approximate surface area is 140 Å². The van der Waals surface area contributed by atoms with E-state index in [0.29, 0.717) is 0 Å². The number of unbranched alkanes of at least 4 members (excludes halogenated alkanes) is 5. The number of hydrogen-bond acceptors (Lipinski definition) is 2. The van der Waals surface area contributed by atoms with Crippen molar-refractivity contribution >= 4 is 5.97 Å². The number of carboxylic acid groups (broad SMARTS) is 1. The van der Waals surface area contributed by atoms with Gasteiger partial charge in [0.05, 0.1) is 6.10 Å². The first-order valence-corrected chi connectivity index (χ1v) is 8.70. The Bertz CT molecular complexity index is 418. The number of benzene rings is 1. The molecule has 1 aromatic rings. The molecule has 1 unspecified atom stereocenters. The van der Waals surface area contributed by atoms with E-state index in [4.69, 9.17) is 10.2 Å². The lowest BCUT2D eigenvalue weighted by atomic mass is 10.0. The minimum absolute atomic E-state index is 0.0671. The lowest BCUT2D eigenvalue weighted by Gasteiger charge is -2.05. The van der Waals surface area contributed by atoms with E-state index in [2.05, 4.69) is 13.8 Å². The smallest absolute Gasteiger partial charge is 0.339 e. The number of rotatable bonds is 10. The minimum atomic E-state index is -1.11. The first kappa shape index (κ1) is 21.4. The average Bonchev–Trinajstić information content (AvgIpc) is 2.52. The molecule has 1 rings (SSSR count). The van der Waals surface area contributed by atoms with Gasteiger partial charge >= 0.3 is 5.97 Å². The molecule has 1 radical (unpaired) electrons. The molecule has 131 valence electrons. The fourth-order valence-corrected chi connectivity index (χ4v) is 2.27. The van der Waals surface area contributed by atoms with E-state index in [-0.39, 0.29) is 17.4 Å². The molecular formula is C19H31O4. The summed E-state index contributed by atoms with van der Waals surface area (Å²) in [5.74, 6) is -1.31. The fourth-order valence-electron chi connectivity index (χ4n) is 2.27. The zero-order valence-electron chi connectivity index (χ0n) is 14.5. The van der Waals surface area contributed by atoms with Crippen molar-refractivity contribution in [3.05, 3.63) is 29.8 Å². The van der Waals surface area contributed by atoms with Gasteiger partial charge < -0.3 is 10.2 Å². The van der Waals surface area contributed by atoms with Crippen LogP contribution in [0.3, 0.4) is 0 Å². The molecule has 0 amide bonds. The van der Waals surface area contributed by atoms with E-state index < -0.39 is 5.97 Å². The molecular weight excluding hydrogens is 292 g/mol. The number of aromatic hydroxyl groups is 1. The number of aromatic carboxylic acids is 1. The van der Waals surface area contributed by atoms with Crippen LogP contribution in [-0.2, 0) is 5.11 Å². The maximum atomic E-state index is 11.2. The molecule has 0 saturated carbocycles. The van der Waals surface area contributed by atoms with E-state index in [0.717, 1.165) is 25.7 Å². The average molecular weight is 323 g/mol. The summed E-state index contributed by atoms with van der Waals surface area (Å²) < 4.78 is 0. The highest BCUT2D eigenvalue weighted by molar-refractivity contribution is 5.90. The zero-order chi connectivity index (χ0) is 17.5. The molecule has 0 aromatic heterocycles. The summed E-state index contributed by atoms with van der Waals surface area (Å²) in [6.45, 7) is 4.32. The van der Waals surface area contributed by atoms with Gasteiger partial charge in [-0.1, -0.05) is 70.9 Å². The van der Waals surface area contributed by atoms with Crippen molar-refractivity contribution < 1.29 is 20.1 Å². The summed E-state index contributed by atoms with van der Waals surface area (Å²) in [5.41, 5.74) is -0.0671. The van der Waals surface area contributed by atoms with Crippen molar-refractivity contribution in [2.24, 2.45) is 0 Å². The summed E-state index contributed by atoms with van der Waals surface area (Å²) in [4.78, 5) is 10.3. The molecule has 0 heterocycles. The highest BCUT2D eigenvalue weighted by atomic mass is 16.4. The number of hydrogen-bond donors (Lipinski definition) is 2. The maximum Gasteiger partial charge on any atom is 0.339 e. The second-order valence-electron chi connectivity index (χ2n) is 5.79. The zero-order valence-corrected chi connectivity index (χ0v) is 14.5. The van der Waals surface area contributed by atoms with E-state index >= 15 is 0 Å². The van der Waals surface area contributed by atoms with E-state index in [1.807, 2.05) is 0 Å². The van der Waals surface area contributed by atoms with Gasteiger partial charge in [-0.2, -0.15) is 0 Å². The van der Waals surface area contributed by atoms with Crippen LogP contribution in [0.25, 0.3) is 0 Å². The molecule has 4 nitrogen and oxygen atoms in total. The van der Waals surface area contributed by atoms with E-state index in [9.17, 15) is 9.90 Å². The van der Waals surface area contributed by atoms with Crippen LogP contribution in [0.15, 0.2) is 24.3 Å². The fraction of sp³-hybridized carbons (Fsp3) is 0.632. The topological polar surface area (TPSA) is 77.4 Å². The Hall–Kier alpha value is -1.55. The van der Waals surface area contributed by atoms with Gasteiger partial charge in [-0.05, 0) is 25.0 Å². The second-order valence-corrected chi connectivity index (χ2v) is 5.79. The van der Waals surface area contributed by atoms with Crippen molar-refractivity contribution in [1.29, 1.82) is 0 Å². The standard InChI is InChI=1S/C12H25O.C7H6O3/c1-3-5-6-7-8-9-11-12(13)10-4-2;8-6-4-2-1-3-5(6)7(9)10/h12H,3-11H2,1-2H3;1-4,8H,(H,9,10). The molecule has 0 fully saturated rings. The van der Waals surface area contributed by atoms with Gasteiger partial charge in [0.15, 0.2) is 0 Å². The largest absolute Gasteiger partial charge is 0.507 e. The normalized spacial score (nSPS) is 11.4. The first-order valence-electron chi connectivity index (χ1n) is 8.70. The van der Waals surface area contributed by atoms with Crippen LogP contribution in [-0.4, -0.2) is 22.3 Å². The quantitative estimate of drug-likeness (QED) is 0.564. The van der Waals surface area contributed by atoms with Crippen LogP contribution in [0, 0.1) is 0 Å². The van der Waals surface area contributed by atoms with Crippen LogP contribution in [0.5, 0.6) is 5.75 Å².